The van der Waals surface area contributed by atoms with Gasteiger partial charge in [0.1, 0.15) is 0 Å². The van der Waals surface area contributed by atoms with Crippen LogP contribution in [0.2, 0.25) is 0 Å². The molecule has 1 heterocycles. The molecule has 1 atom stereocenters. The molecule has 0 spiro atoms. The molecule has 0 aliphatic carbocycles. The summed E-state index contributed by atoms with van der Waals surface area (Å²) in [6, 6.07) is 0. The quantitative estimate of drug-likeness (QED) is 0.645. The summed E-state index contributed by atoms with van der Waals surface area (Å²) < 4.78 is 0. The molecular formula is C12H25N. The smallest absolute Gasteiger partial charge is 0.00205 e. The summed E-state index contributed by atoms with van der Waals surface area (Å²) in [5.41, 5.74) is 0. The normalized spacial score (nSPS) is 24.2. The molecule has 1 heteroatoms. The number of nitrogens with one attached hydrogen (secondary N) is 1. The summed E-state index contributed by atoms with van der Waals surface area (Å²) in [6.07, 6.45) is 11.5. The summed E-state index contributed by atoms with van der Waals surface area (Å²) in [5.74, 6) is 0.986. The van der Waals surface area contributed by atoms with Gasteiger partial charge in [0.25, 0.3) is 0 Å². The van der Waals surface area contributed by atoms with Gasteiger partial charge in [0, 0.05) is 0 Å². The van der Waals surface area contributed by atoms with E-state index in [0.29, 0.717) is 0 Å². The first-order valence-corrected chi connectivity index (χ1v) is 6.14. The van der Waals surface area contributed by atoms with E-state index in [1.807, 2.05) is 0 Å². The lowest BCUT2D eigenvalue weighted by Crippen LogP contribution is -2.20. The van der Waals surface area contributed by atoms with Crippen molar-refractivity contribution in [3.05, 3.63) is 0 Å². The highest BCUT2D eigenvalue weighted by atomic mass is 14.9. The molecule has 0 amide bonds. The number of hydrogen-bond donors (Lipinski definition) is 1. The molecule has 13 heavy (non-hydrogen) atoms. The van der Waals surface area contributed by atoms with Gasteiger partial charge < -0.3 is 5.32 Å². The highest BCUT2D eigenvalue weighted by Gasteiger charge is 2.10. The Hall–Kier alpha value is -0.0400. The fraction of sp³-hybridized carbons (Fsp3) is 1.00. The van der Waals surface area contributed by atoms with Crippen molar-refractivity contribution in [3.8, 4) is 0 Å². The second-order valence-corrected chi connectivity index (χ2v) is 4.42. The Balaban J connectivity index is 1.98. The Kier molecular flexibility index (Phi) is 6.26. The standard InChI is InChI=1S/C12H25N/c1-2-3-4-5-8-12-9-6-7-10-13-11-12/h12-13H,2-11H2,1H3. The van der Waals surface area contributed by atoms with Gasteiger partial charge >= 0.3 is 0 Å². The van der Waals surface area contributed by atoms with E-state index < -0.39 is 0 Å². The number of rotatable bonds is 5. The van der Waals surface area contributed by atoms with E-state index >= 15 is 0 Å². The molecule has 1 unspecified atom stereocenters. The molecule has 0 saturated carbocycles. The van der Waals surface area contributed by atoms with Crippen molar-refractivity contribution in [2.24, 2.45) is 5.92 Å². The Labute approximate surface area is 83.3 Å². The van der Waals surface area contributed by atoms with Crippen molar-refractivity contribution < 1.29 is 0 Å². The van der Waals surface area contributed by atoms with E-state index in [-0.39, 0.29) is 0 Å². The van der Waals surface area contributed by atoms with Crippen LogP contribution in [0.15, 0.2) is 0 Å². The van der Waals surface area contributed by atoms with Gasteiger partial charge in [0.2, 0.25) is 0 Å². The molecule has 1 nitrogen and oxygen atoms in total. The minimum absolute atomic E-state index is 0.986. The third-order valence-corrected chi connectivity index (χ3v) is 3.11. The van der Waals surface area contributed by atoms with Gasteiger partial charge in [-0.15, -0.1) is 0 Å². The first-order chi connectivity index (χ1) is 6.43. The number of hydrogen-bond acceptors (Lipinski definition) is 1. The van der Waals surface area contributed by atoms with Crippen molar-refractivity contribution in [3.63, 3.8) is 0 Å². The van der Waals surface area contributed by atoms with Gasteiger partial charge in [0.15, 0.2) is 0 Å². The molecule has 1 fully saturated rings. The maximum Gasteiger partial charge on any atom is -0.00205 e. The molecule has 1 aliphatic rings. The van der Waals surface area contributed by atoms with Crippen molar-refractivity contribution >= 4 is 0 Å². The summed E-state index contributed by atoms with van der Waals surface area (Å²) >= 11 is 0. The third kappa shape index (κ3) is 5.30. The molecule has 0 aromatic rings. The molecule has 0 radical (unpaired) electrons. The molecule has 1 N–H and O–H groups in total. The Morgan fingerprint density at radius 1 is 1.15 bits per heavy atom. The summed E-state index contributed by atoms with van der Waals surface area (Å²) in [7, 11) is 0. The molecule has 1 aliphatic heterocycles. The lowest BCUT2D eigenvalue weighted by Gasteiger charge is -2.13. The highest BCUT2D eigenvalue weighted by molar-refractivity contribution is 4.67. The van der Waals surface area contributed by atoms with E-state index in [9.17, 15) is 0 Å². The van der Waals surface area contributed by atoms with E-state index in [0.717, 1.165) is 5.92 Å². The van der Waals surface area contributed by atoms with Crippen LogP contribution in [-0.2, 0) is 0 Å². The second kappa shape index (κ2) is 7.37. The zero-order valence-electron chi connectivity index (χ0n) is 9.15. The fourth-order valence-corrected chi connectivity index (χ4v) is 2.20. The largest absolute Gasteiger partial charge is 0.316 e. The van der Waals surface area contributed by atoms with Crippen LogP contribution in [0.4, 0.5) is 0 Å². The zero-order valence-corrected chi connectivity index (χ0v) is 9.15. The van der Waals surface area contributed by atoms with Crippen LogP contribution in [0.3, 0.4) is 0 Å². The van der Waals surface area contributed by atoms with Crippen LogP contribution in [0.1, 0.15) is 58.3 Å². The predicted octanol–water partition coefficient (Wildman–Crippen LogP) is 3.35. The SMILES string of the molecule is CCCCCCC1CCCCNC1. The molecule has 78 valence electrons. The van der Waals surface area contributed by atoms with Crippen molar-refractivity contribution in [1.82, 2.24) is 5.32 Å². The number of unbranched alkanes of at least 4 members (excludes halogenated alkanes) is 3. The summed E-state index contributed by atoms with van der Waals surface area (Å²) in [4.78, 5) is 0. The summed E-state index contributed by atoms with van der Waals surface area (Å²) in [5, 5.41) is 3.54. The third-order valence-electron chi connectivity index (χ3n) is 3.11. The molecule has 0 bridgehead atoms. The topological polar surface area (TPSA) is 12.0 Å². The second-order valence-electron chi connectivity index (χ2n) is 4.42. The Bertz CT molecular complexity index is 104. The van der Waals surface area contributed by atoms with E-state index in [4.69, 9.17) is 0 Å². The first-order valence-electron chi connectivity index (χ1n) is 6.14. The van der Waals surface area contributed by atoms with Crippen LogP contribution in [0.5, 0.6) is 0 Å². The average Bonchev–Trinajstić information content (AvgIpc) is 2.41. The van der Waals surface area contributed by atoms with Gasteiger partial charge in [0.05, 0.1) is 0 Å². The van der Waals surface area contributed by atoms with Crippen molar-refractivity contribution in [2.75, 3.05) is 13.1 Å². The van der Waals surface area contributed by atoms with E-state index in [2.05, 4.69) is 12.2 Å². The van der Waals surface area contributed by atoms with E-state index in [1.54, 1.807) is 0 Å². The van der Waals surface area contributed by atoms with Gasteiger partial charge in [-0.25, -0.2) is 0 Å². The molecule has 1 rings (SSSR count). The van der Waals surface area contributed by atoms with Gasteiger partial charge in [-0.05, 0) is 38.3 Å². The fourth-order valence-electron chi connectivity index (χ4n) is 2.20. The van der Waals surface area contributed by atoms with Crippen LogP contribution < -0.4 is 5.32 Å². The maximum atomic E-state index is 3.54. The van der Waals surface area contributed by atoms with Crippen LogP contribution in [0, 0.1) is 5.92 Å². The lowest BCUT2D eigenvalue weighted by molar-refractivity contribution is 0.423. The maximum absolute atomic E-state index is 3.54. The molecule has 1 saturated heterocycles. The minimum atomic E-state index is 0.986. The molecule has 0 aromatic carbocycles. The average molecular weight is 183 g/mol. The van der Waals surface area contributed by atoms with Gasteiger partial charge in [-0.3, -0.25) is 0 Å². The zero-order chi connectivity index (χ0) is 9.36. The van der Waals surface area contributed by atoms with Crippen molar-refractivity contribution in [1.29, 1.82) is 0 Å². The van der Waals surface area contributed by atoms with Gasteiger partial charge in [-0.1, -0.05) is 39.0 Å². The van der Waals surface area contributed by atoms with Gasteiger partial charge in [-0.2, -0.15) is 0 Å². The highest BCUT2D eigenvalue weighted by Crippen LogP contribution is 2.18. The molecular weight excluding hydrogens is 158 g/mol. The van der Waals surface area contributed by atoms with Crippen LogP contribution in [-0.4, -0.2) is 13.1 Å². The monoisotopic (exact) mass is 183 g/mol. The Morgan fingerprint density at radius 3 is 2.92 bits per heavy atom. The summed E-state index contributed by atoms with van der Waals surface area (Å²) in [6.45, 7) is 4.82. The van der Waals surface area contributed by atoms with Crippen LogP contribution >= 0.6 is 0 Å². The minimum Gasteiger partial charge on any atom is -0.316 e. The van der Waals surface area contributed by atoms with Crippen molar-refractivity contribution in [2.45, 2.75) is 58.3 Å². The first kappa shape index (κ1) is 11.0. The van der Waals surface area contributed by atoms with E-state index in [1.165, 1.54) is 64.5 Å². The predicted molar refractivity (Wildman–Crippen MR) is 59.0 cm³/mol. The molecule has 0 aromatic heterocycles. The van der Waals surface area contributed by atoms with Crippen LogP contribution in [0.25, 0.3) is 0 Å². The lowest BCUT2D eigenvalue weighted by atomic mass is 9.96. The Morgan fingerprint density at radius 2 is 2.08 bits per heavy atom.